The van der Waals surface area contributed by atoms with Gasteiger partial charge in [-0.1, -0.05) is 35.3 Å². The van der Waals surface area contributed by atoms with Crippen molar-refractivity contribution in [2.24, 2.45) is 0 Å². The normalized spacial score (nSPS) is 12.9. The van der Waals surface area contributed by atoms with Crippen LogP contribution in [-0.4, -0.2) is 6.61 Å². The largest absolute Gasteiger partial charge is 0.493 e. The van der Waals surface area contributed by atoms with E-state index in [1.165, 1.54) is 11.1 Å². The molecule has 1 aliphatic rings. The summed E-state index contributed by atoms with van der Waals surface area (Å²) in [6.07, 6.45) is 0.992. The van der Waals surface area contributed by atoms with Crippen molar-refractivity contribution in [1.29, 1.82) is 0 Å². The van der Waals surface area contributed by atoms with Gasteiger partial charge in [0.1, 0.15) is 5.75 Å². The molecule has 2 nitrogen and oxygen atoms in total. The first-order valence-electron chi connectivity index (χ1n) is 6.15. The number of hydrogen-bond donors (Lipinski definition) is 1. The van der Waals surface area contributed by atoms with Crippen LogP contribution in [0.2, 0.25) is 10.0 Å². The van der Waals surface area contributed by atoms with Crippen LogP contribution in [0.3, 0.4) is 0 Å². The molecule has 0 saturated carbocycles. The third-order valence-corrected chi connectivity index (χ3v) is 3.55. The summed E-state index contributed by atoms with van der Waals surface area (Å²) < 4.78 is 5.49. The SMILES string of the molecule is Clc1cc(Cl)cc(NCc2ccc3c(c2)CCO3)c1. The van der Waals surface area contributed by atoms with Gasteiger partial charge >= 0.3 is 0 Å². The third-order valence-electron chi connectivity index (χ3n) is 3.11. The highest BCUT2D eigenvalue weighted by molar-refractivity contribution is 6.35. The summed E-state index contributed by atoms with van der Waals surface area (Å²) in [5, 5.41) is 4.60. The van der Waals surface area contributed by atoms with Crippen LogP contribution in [0, 0.1) is 0 Å². The second-order valence-corrected chi connectivity index (χ2v) is 5.43. The number of ether oxygens (including phenoxy) is 1. The Kier molecular flexibility index (Phi) is 3.54. The maximum absolute atomic E-state index is 5.97. The van der Waals surface area contributed by atoms with Crippen molar-refractivity contribution in [2.45, 2.75) is 13.0 Å². The summed E-state index contributed by atoms with van der Waals surface area (Å²) in [6, 6.07) is 11.7. The van der Waals surface area contributed by atoms with Crippen molar-refractivity contribution in [3.8, 4) is 5.75 Å². The van der Waals surface area contributed by atoms with Crippen LogP contribution in [0.25, 0.3) is 0 Å². The number of anilines is 1. The first kappa shape index (κ1) is 12.6. The fourth-order valence-electron chi connectivity index (χ4n) is 2.21. The molecule has 0 atom stereocenters. The zero-order valence-corrected chi connectivity index (χ0v) is 11.8. The fraction of sp³-hybridized carbons (Fsp3) is 0.200. The molecule has 0 radical (unpaired) electrons. The monoisotopic (exact) mass is 293 g/mol. The van der Waals surface area contributed by atoms with Crippen molar-refractivity contribution < 1.29 is 4.74 Å². The van der Waals surface area contributed by atoms with Crippen LogP contribution < -0.4 is 10.1 Å². The Morgan fingerprint density at radius 1 is 1.05 bits per heavy atom. The Bertz CT molecular complexity index is 593. The Hall–Kier alpha value is -1.38. The van der Waals surface area contributed by atoms with Crippen LogP contribution in [0.5, 0.6) is 5.75 Å². The average molecular weight is 294 g/mol. The highest BCUT2D eigenvalue weighted by Gasteiger charge is 2.11. The minimum Gasteiger partial charge on any atom is -0.493 e. The van der Waals surface area contributed by atoms with Crippen LogP contribution in [-0.2, 0) is 13.0 Å². The first-order valence-corrected chi connectivity index (χ1v) is 6.91. The zero-order valence-electron chi connectivity index (χ0n) is 10.2. The Labute approximate surface area is 122 Å². The second kappa shape index (κ2) is 5.32. The van der Waals surface area contributed by atoms with E-state index >= 15 is 0 Å². The van der Waals surface area contributed by atoms with Gasteiger partial charge in [0.2, 0.25) is 0 Å². The lowest BCUT2D eigenvalue weighted by molar-refractivity contribution is 0.357. The van der Waals surface area contributed by atoms with Gasteiger partial charge < -0.3 is 10.1 Å². The number of benzene rings is 2. The molecule has 0 spiro atoms. The molecule has 98 valence electrons. The standard InChI is InChI=1S/C15H13Cl2NO/c16-12-6-13(17)8-14(7-12)18-9-10-1-2-15-11(5-10)3-4-19-15/h1-2,5-8,18H,3-4,9H2. The second-order valence-electron chi connectivity index (χ2n) is 4.55. The van der Waals surface area contributed by atoms with E-state index in [0.29, 0.717) is 10.0 Å². The van der Waals surface area contributed by atoms with Gasteiger partial charge in [0.25, 0.3) is 0 Å². The van der Waals surface area contributed by atoms with E-state index in [0.717, 1.165) is 31.0 Å². The highest BCUT2D eigenvalue weighted by atomic mass is 35.5. The van der Waals surface area contributed by atoms with Crippen LogP contribution in [0.15, 0.2) is 36.4 Å². The van der Waals surface area contributed by atoms with Gasteiger partial charge in [-0.25, -0.2) is 0 Å². The zero-order chi connectivity index (χ0) is 13.2. The van der Waals surface area contributed by atoms with Gasteiger partial charge in [0, 0.05) is 28.7 Å². The topological polar surface area (TPSA) is 21.3 Å². The van der Waals surface area contributed by atoms with E-state index < -0.39 is 0 Å². The lowest BCUT2D eigenvalue weighted by Crippen LogP contribution is -1.99. The molecule has 2 aromatic carbocycles. The van der Waals surface area contributed by atoms with E-state index in [9.17, 15) is 0 Å². The Morgan fingerprint density at radius 2 is 1.84 bits per heavy atom. The molecule has 2 aromatic rings. The van der Waals surface area contributed by atoms with Crippen molar-refractivity contribution in [1.82, 2.24) is 0 Å². The number of halogens is 2. The Balaban J connectivity index is 1.72. The average Bonchev–Trinajstić information content (AvgIpc) is 2.82. The molecule has 0 saturated heterocycles. The van der Waals surface area contributed by atoms with Gasteiger partial charge in [-0.2, -0.15) is 0 Å². The van der Waals surface area contributed by atoms with Crippen LogP contribution >= 0.6 is 23.2 Å². The summed E-state index contributed by atoms with van der Waals surface area (Å²) in [5.74, 6) is 1.01. The van der Waals surface area contributed by atoms with Crippen molar-refractivity contribution >= 4 is 28.9 Å². The van der Waals surface area contributed by atoms with E-state index in [1.54, 1.807) is 6.07 Å². The molecule has 0 amide bonds. The third kappa shape index (κ3) is 2.96. The van der Waals surface area contributed by atoms with E-state index in [-0.39, 0.29) is 0 Å². The molecule has 1 heterocycles. The number of rotatable bonds is 3. The van der Waals surface area contributed by atoms with Gasteiger partial charge in [-0.3, -0.25) is 0 Å². The molecule has 3 rings (SSSR count). The molecular weight excluding hydrogens is 281 g/mol. The number of fused-ring (bicyclic) bond motifs is 1. The smallest absolute Gasteiger partial charge is 0.122 e. The highest BCUT2D eigenvalue weighted by Crippen LogP contribution is 2.27. The molecule has 1 aliphatic heterocycles. The lowest BCUT2D eigenvalue weighted by Gasteiger charge is -2.09. The van der Waals surface area contributed by atoms with Crippen LogP contribution in [0.4, 0.5) is 5.69 Å². The molecule has 1 N–H and O–H groups in total. The minimum absolute atomic E-state index is 0.636. The minimum atomic E-state index is 0.636. The fourth-order valence-corrected chi connectivity index (χ4v) is 2.74. The maximum atomic E-state index is 5.97. The van der Waals surface area contributed by atoms with Crippen LogP contribution in [0.1, 0.15) is 11.1 Å². The van der Waals surface area contributed by atoms with E-state index in [2.05, 4.69) is 17.4 Å². The molecule has 4 heteroatoms. The maximum Gasteiger partial charge on any atom is 0.122 e. The lowest BCUT2D eigenvalue weighted by atomic mass is 10.1. The summed E-state index contributed by atoms with van der Waals surface area (Å²) >= 11 is 11.9. The predicted molar refractivity (Wildman–Crippen MR) is 79.4 cm³/mol. The van der Waals surface area contributed by atoms with Crippen molar-refractivity contribution in [3.05, 3.63) is 57.6 Å². The van der Waals surface area contributed by atoms with E-state index in [4.69, 9.17) is 27.9 Å². The molecule has 0 bridgehead atoms. The van der Waals surface area contributed by atoms with Crippen molar-refractivity contribution in [2.75, 3.05) is 11.9 Å². The number of hydrogen-bond acceptors (Lipinski definition) is 2. The van der Waals surface area contributed by atoms with Gasteiger partial charge in [-0.05, 0) is 35.4 Å². The summed E-state index contributed by atoms with van der Waals surface area (Å²) in [6.45, 7) is 1.53. The first-order chi connectivity index (χ1) is 9.20. The predicted octanol–water partition coefficient (Wildman–Crippen LogP) is 4.54. The van der Waals surface area contributed by atoms with E-state index in [1.807, 2.05) is 18.2 Å². The van der Waals surface area contributed by atoms with Crippen molar-refractivity contribution in [3.63, 3.8) is 0 Å². The summed E-state index contributed by atoms with van der Waals surface area (Å²) in [4.78, 5) is 0. The molecule has 0 unspecified atom stereocenters. The Morgan fingerprint density at radius 3 is 2.63 bits per heavy atom. The van der Waals surface area contributed by atoms with Gasteiger partial charge in [-0.15, -0.1) is 0 Å². The molecular formula is C15H13Cl2NO. The summed E-state index contributed by atoms with van der Waals surface area (Å²) in [7, 11) is 0. The summed E-state index contributed by atoms with van der Waals surface area (Å²) in [5.41, 5.74) is 3.43. The molecule has 0 aliphatic carbocycles. The molecule has 0 aromatic heterocycles. The molecule has 19 heavy (non-hydrogen) atoms. The van der Waals surface area contributed by atoms with Gasteiger partial charge in [0.15, 0.2) is 0 Å². The quantitative estimate of drug-likeness (QED) is 0.897. The molecule has 0 fully saturated rings. The van der Waals surface area contributed by atoms with Gasteiger partial charge in [0.05, 0.1) is 6.61 Å². The number of nitrogens with one attached hydrogen (secondary N) is 1.